The summed E-state index contributed by atoms with van der Waals surface area (Å²) in [6.07, 6.45) is 1.73. The molecule has 0 atom stereocenters. The van der Waals surface area contributed by atoms with Gasteiger partial charge in [-0.15, -0.1) is 0 Å². The van der Waals surface area contributed by atoms with E-state index in [0.29, 0.717) is 43.1 Å². The number of hydrogen-bond donors (Lipinski definition) is 0. The number of halogens is 1. The number of fused-ring (bicyclic) bond motifs is 3. The van der Waals surface area contributed by atoms with E-state index in [-0.39, 0.29) is 5.56 Å². The minimum absolute atomic E-state index is 0.112. The van der Waals surface area contributed by atoms with Gasteiger partial charge in [0.2, 0.25) is 0 Å². The fourth-order valence-electron chi connectivity index (χ4n) is 3.68. The Bertz CT molecular complexity index is 1610. The van der Waals surface area contributed by atoms with Gasteiger partial charge in [-0.2, -0.15) is 0 Å². The number of thiazole rings is 1. The van der Waals surface area contributed by atoms with Crippen molar-refractivity contribution in [3.8, 4) is 22.8 Å². The van der Waals surface area contributed by atoms with Gasteiger partial charge in [-0.1, -0.05) is 22.9 Å². The van der Waals surface area contributed by atoms with E-state index >= 15 is 0 Å². The summed E-state index contributed by atoms with van der Waals surface area (Å²) in [5.74, 6) is 2.21. The molecule has 0 aliphatic heterocycles. The summed E-state index contributed by atoms with van der Waals surface area (Å²) in [5, 5.41) is 0.446. The molecule has 3 aromatic heterocycles. The number of furan rings is 1. The zero-order valence-corrected chi connectivity index (χ0v) is 19.4. The second-order valence-electron chi connectivity index (χ2n) is 7.46. The number of nitrogens with zero attached hydrogens (tertiary/aromatic N) is 2. The van der Waals surface area contributed by atoms with E-state index in [4.69, 9.17) is 25.5 Å². The van der Waals surface area contributed by atoms with Crippen LogP contribution in [0.25, 0.3) is 33.4 Å². The number of rotatable bonds is 4. The number of aromatic nitrogens is 2. The third-order valence-corrected chi connectivity index (χ3v) is 6.76. The largest absolute Gasteiger partial charge is 0.496 e. The van der Waals surface area contributed by atoms with E-state index in [2.05, 4.69) is 4.98 Å². The monoisotopic (exact) mass is 466 g/mol. The predicted octanol–water partition coefficient (Wildman–Crippen LogP) is 5.00. The molecule has 0 saturated carbocycles. The van der Waals surface area contributed by atoms with Crippen molar-refractivity contribution in [3.63, 3.8) is 0 Å². The molecule has 0 fully saturated rings. The van der Waals surface area contributed by atoms with E-state index in [1.807, 2.05) is 38.1 Å². The molecule has 0 unspecified atom stereocenters. The van der Waals surface area contributed by atoms with Crippen molar-refractivity contribution in [1.82, 2.24) is 9.38 Å². The average Bonchev–Trinajstić information content (AvgIpc) is 3.44. The molecular weight excluding hydrogens is 448 g/mol. The number of ether oxygens (including phenoxy) is 2. The molecule has 162 valence electrons. The Morgan fingerprint density at radius 1 is 1.06 bits per heavy atom. The maximum atomic E-state index is 13.1. The van der Waals surface area contributed by atoms with E-state index in [1.165, 1.54) is 11.3 Å². The lowest BCUT2D eigenvalue weighted by Crippen LogP contribution is -2.22. The standard InChI is InChI=1S/C24H19ClN2O4S/c1-12-7-17-18(8-13(12)2)27-23(28)22(32-24(27)26-17)9-14-5-6-19(31-14)15-10-21(30-4)16(25)11-20(15)29-3/h5-11H,1-4H3. The smallest absolute Gasteiger partial charge is 0.275 e. The molecule has 0 saturated heterocycles. The van der Waals surface area contributed by atoms with Gasteiger partial charge in [-0.05, 0) is 55.3 Å². The van der Waals surface area contributed by atoms with Gasteiger partial charge < -0.3 is 13.9 Å². The van der Waals surface area contributed by atoms with Crippen molar-refractivity contribution >= 4 is 45.0 Å². The molecule has 6 nitrogen and oxygen atoms in total. The number of aryl methyl sites for hydroxylation is 2. The molecule has 0 radical (unpaired) electrons. The van der Waals surface area contributed by atoms with Crippen molar-refractivity contribution in [2.24, 2.45) is 0 Å². The van der Waals surface area contributed by atoms with Crippen LogP contribution in [-0.2, 0) is 0 Å². The Hall–Kier alpha value is -3.29. The first-order valence-electron chi connectivity index (χ1n) is 9.85. The van der Waals surface area contributed by atoms with Gasteiger partial charge >= 0.3 is 0 Å². The zero-order chi connectivity index (χ0) is 22.6. The van der Waals surface area contributed by atoms with Gasteiger partial charge in [-0.3, -0.25) is 4.79 Å². The molecule has 3 heterocycles. The maximum Gasteiger partial charge on any atom is 0.275 e. The summed E-state index contributed by atoms with van der Waals surface area (Å²) in [5.41, 5.74) is 4.51. The zero-order valence-electron chi connectivity index (χ0n) is 17.9. The van der Waals surface area contributed by atoms with Gasteiger partial charge in [0.25, 0.3) is 5.56 Å². The van der Waals surface area contributed by atoms with E-state index < -0.39 is 0 Å². The Morgan fingerprint density at radius 2 is 1.81 bits per heavy atom. The van der Waals surface area contributed by atoms with Crippen LogP contribution in [0.1, 0.15) is 16.9 Å². The maximum absolute atomic E-state index is 13.1. The second-order valence-corrected chi connectivity index (χ2v) is 8.88. The van der Waals surface area contributed by atoms with Crippen LogP contribution >= 0.6 is 22.9 Å². The van der Waals surface area contributed by atoms with Crippen molar-refractivity contribution in [3.05, 3.63) is 73.2 Å². The lowest BCUT2D eigenvalue weighted by Gasteiger charge is -2.10. The fourth-order valence-corrected chi connectivity index (χ4v) is 4.87. The van der Waals surface area contributed by atoms with Crippen molar-refractivity contribution < 1.29 is 13.9 Å². The Kier molecular flexibility index (Phi) is 4.95. The first-order chi connectivity index (χ1) is 15.4. The number of hydrogen-bond acceptors (Lipinski definition) is 6. The highest BCUT2D eigenvalue weighted by Gasteiger charge is 2.16. The van der Waals surface area contributed by atoms with Crippen LogP contribution in [0.4, 0.5) is 0 Å². The number of methoxy groups -OCH3 is 2. The Labute approximate surface area is 192 Å². The lowest BCUT2D eigenvalue weighted by atomic mass is 10.1. The van der Waals surface area contributed by atoms with E-state index in [0.717, 1.165) is 22.2 Å². The van der Waals surface area contributed by atoms with Crippen LogP contribution in [0.15, 0.2) is 45.6 Å². The van der Waals surface area contributed by atoms with Crippen LogP contribution in [0.3, 0.4) is 0 Å². The molecule has 0 aliphatic rings. The second kappa shape index (κ2) is 7.69. The van der Waals surface area contributed by atoms with E-state index in [1.54, 1.807) is 36.8 Å². The first kappa shape index (κ1) is 20.6. The van der Waals surface area contributed by atoms with Gasteiger partial charge in [-0.25, -0.2) is 9.38 Å². The molecule has 0 spiro atoms. The summed E-state index contributed by atoms with van der Waals surface area (Å²) in [7, 11) is 3.12. The topological polar surface area (TPSA) is 66.0 Å². The fraction of sp³-hybridized carbons (Fsp3) is 0.167. The third-order valence-electron chi connectivity index (χ3n) is 5.49. The van der Waals surface area contributed by atoms with Crippen LogP contribution < -0.4 is 19.6 Å². The minimum atomic E-state index is -0.112. The van der Waals surface area contributed by atoms with Gasteiger partial charge in [0, 0.05) is 12.1 Å². The molecular formula is C24H19ClN2O4S. The SMILES string of the molecule is COc1cc(-c2ccc(C=c3sc4nc5cc(C)c(C)cc5n4c3=O)o2)c(OC)cc1Cl. The summed E-state index contributed by atoms with van der Waals surface area (Å²) in [4.78, 5) is 18.4. The molecule has 32 heavy (non-hydrogen) atoms. The molecule has 5 rings (SSSR count). The summed E-state index contributed by atoms with van der Waals surface area (Å²) in [6.45, 7) is 4.07. The lowest BCUT2D eigenvalue weighted by molar-refractivity contribution is 0.403. The van der Waals surface area contributed by atoms with E-state index in [9.17, 15) is 4.79 Å². The Balaban J connectivity index is 1.61. The third kappa shape index (κ3) is 3.25. The molecule has 0 N–H and O–H groups in total. The summed E-state index contributed by atoms with van der Waals surface area (Å²) < 4.78 is 19.0. The van der Waals surface area contributed by atoms with Crippen LogP contribution in [-0.4, -0.2) is 23.6 Å². The van der Waals surface area contributed by atoms with Crippen LogP contribution in [0.2, 0.25) is 5.02 Å². The molecule has 8 heteroatoms. The molecule has 0 amide bonds. The Morgan fingerprint density at radius 3 is 2.56 bits per heavy atom. The minimum Gasteiger partial charge on any atom is -0.496 e. The molecule has 2 aromatic carbocycles. The summed E-state index contributed by atoms with van der Waals surface area (Å²) >= 11 is 7.54. The summed E-state index contributed by atoms with van der Waals surface area (Å²) in [6, 6.07) is 11.1. The highest BCUT2D eigenvalue weighted by atomic mass is 35.5. The van der Waals surface area contributed by atoms with Crippen molar-refractivity contribution in [2.45, 2.75) is 13.8 Å². The number of imidazole rings is 1. The van der Waals surface area contributed by atoms with Crippen molar-refractivity contribution in [1.29, 1.82) is 0 Å². The molecule has 5 aromatic rings. The van der Waals surface area contributed by atoms with Gasteiger partial charge in [0.05, 0.1) is 35.8 Å². The highest BCUT2D eigenvalue weighted by Crippen LogP contribution is 2.39. The highest BCUT2D eigenvalue weighted by molar-refractivity contribution is 7.15. The van der Waals surface area contributed by atoms with Gasteiger partial charge in [0.15, 0.2) is 4.96 Å². The predicted molar refractivity (Wildman–Crippen MR) is 127 cm³/mol. The normalized spacial score (nSPS) is 12.2. The first-order valence-corrected chi connectivity index (χ1v) is 11.0. The average molecular weight is 467 g/mol. The molecule has 0 aliphatic carbocycles. The van der Waals surface area contributed by atoms with Crippen molar-refractivity contribution in [2.75, 3.05) is 14.2 Å². The van der Waals surface area contributed by atoms with Gasteiger partial charge in [0.1, 0.15) is 27.6 Å². The quantitative estimate of drug-likeness (QED) is 0.372. The van der Waals surface area contributed by atoms with Crippen LogP contribution in [0, 0.1) is 13.8 Å². The number of benzene rings is 2. The van der Waals surface area contributed by atoms with Crippen LogP contribution in [0.5, 0.6) is 11.5 Å². The molecule has 0 bridgehead atoms.